The fraction of sp³-hybridized carbons (Fsp3) is 0.400. The molecular formula is C10H18N2O4S. The van der Waals surface area contributed by atoms with Crippen LogP contribution in [0.5, 0.6) is 0 Å². The molecule has 0 aliphatic rings. The van der Waals surface area contributed by atoms with Gasteiger partial charge in [-0.2, -0.15) is 8.42 Å². The first kappa shape index (κ1) is 15.7. The largest absolute Gasteiger partial charge is 0.398 e. The average molecular weight is 262 g/mol. The molecule has 0 spiro atoms. The minimum Gasteiger partial charge on any atom is -0.398 e. The number of hydrogen-bond acceptors (Lipinski definition) is 4. The first-order valence-electron chi connectivity index (χ1n) is 4.78. The number of benzene rings is 1. The zero-order valence-electron chi connectivity index (χ0n) is 10.3. The molecule has 0 radical (unpaired) electrons. The van der Waals surface area contributed by atoms with E-state index in [2.05, 4.69) is 0 Å². The zero-order valence-corrected chi connectivity index (χ0v) is 11.1. The smallest absolute Gasteiger partial charge is 0.394 e. The Balaban J connectivity index is 0.000000437. The van der Waals surface area contributed by atoms with Crippen molar-refractivity contribution < 1.29 is 17.5 Å². The van der Waals surface area contributed by atoms with Crippen LogP contribution in [0.1, 0.15) is 22.3 Å². The van der Waals surface area contributed by atoms with Crippen LogP contribution < -0.4 is 11.5 Å². The van der Waals surface area contributed by atoms with E-state index in [1.165, 1.54) is 0 Å². The van der Waals surface area contributed by atoms with E-state index in [-0.39, 0.29) is 0 Å². The Morgan fingerprint density at radius 3 is 1.00 bits per heavy atom. The third-order valence-corrected chi connectivity index (χ3v) is 2.74. The van der Waals surface area contributed by atoms with Gasteiger partial charge in [0, 0.05) is 11.4 Å². The molecule has 0 unspecified atom stereocenters. The lowest BCUT2D eigenvalue weighted by Gasteiger charge is -2.14. The molecule has 6 nitrogen and oxygen atoms in total. The van der Waals surface area contributed by atoms with Gasteiger partial charge in [0.25, 0.3) is 0 Å². The van der Waals surface area contributed by atoms with E-state index >= 15 is 0 Å². The highest BCUT2D eigenvalue weighted by molar-refractivity contribution is 7.79. The van der Waals surface area contributed by atoms with Gasteiger partial charge in [-0.05, 0) is 49.9 Å². The summed E-state index contributed by atoms with van der Waals surface area (Å²) in [5, 5.41) is 0. The van der Waals surface area contributed by atoms with Gasteiger partial charge >= 0.3 is 10.4 Å². The molecule has 6 N–H and O–H groups in total. The number of rotatable bonds is 0. The van der Waals surface area contributed by atoms with Crippen LogP contribution in [0.4, 0.5) is 11.4 Å². The van der Waals surface area contributed by atoms with Gasteiger partial charge in [0.1, 0.15) is 0 Å². The molecule has 1 aromatic carbocycles. The van der Waals surface area contributed by atoms with E-state index in [9.17, 15) is 0 Å². The highest BCUT2D eigenvalue weighted by Gasteiger charge is 2.09. The van der Waals surface area contributed by atoms with E-state index in [0.717, 1.165) is 33.6 Å². The van der Waals surface area contributed by atoms with E-state index in [4.69, 9.17) is 29.0 Å². The van der Waals surface area contributed by atoms with Crippen LogP contribution in [0.3, 0.4) is 0 Å². The van der Waals surface area contributed by atoms with Crippen molar-refractivity contribution >= 4 is 21.8 Å². The zero-order chi connectivity index (χ0) is 14.0. The number of nitrogens with two attached hydrogens (primary N) is 2. The van der Waals surface area contributed by atoms with E-state index < -0.39 is 10.4 Å². The molecule has 0 saturated heterocycles. The molecule has 0 bridgehead atoms. The molecule has 0 aliphatic heterocycles. The molecule has 0 amide bonds. The number of nitrogen functional groups attached to an aromatic ring is 2. The molecule has 0 aliphatic carbocycles. The monoisotopic (exact) mass is 262 g/mol. The number of anilines is 2. The normalized spacial score (nSPS) is 10.7. The van der Waals surface area contributed by atoms with Gasteiger partial charge in [-0.25, -0.2) is 0 Å². The molecule has 0 saturated carbocycles. The molecule has 1 rings (SSSR count). The minimum atomic E-state index is -4.67. The predicted octanol–water partition coefficient (Wildman–Crippen LogP) is 1.43. The lowest BCUT2D eigenvalue weighted by Crippen LogP contribution is -2.04. The summed E-state index contributed by atoms with van der Waals surface area (Å²) in [7, 11) is -4.67. The van der Waals surface area contributed by atoms with E-state index in [0.29, 0.717) is 0 Å². The summed E-state index contributed by atoms with van der Waals surface area (Å²) in [5.41, 5.74) is 18.0. The van der Waals surface area contributed by atoms with Crippen LogP contribution >= 0.6 is 0 Å². The lowest BCUT2D eigenvalue weighted by atomic mass is 9.97. The Bertz CT molecular complexity index is 411. The minimum absolute atomic E-state index is 0.874. The van der Waals surface area contributed by atoms with Crippen LogP contribution in [0.15, 0.2) is 0 Å². The van der Waals surface area contributed by atoms with Crippen molar-refractivity contribution in [3.63, 3.8) is 0 Å². The van der Waals surface area contributed by atoms with Crippen molar-refractivity contribution in [1.82, 2.24) is 0 Å². The Kier molecular flexibility index (Phi) is 4.94. The molecule has 0 heterocycles. The molecule has 7 heteroatoms. The highest BCUT2D eigenvalue weighted by atomic mass is 32.3. The van der Waals surface area contributed by atoms with Gasteiger partial charge in [0.2, 0.25) is 0 Å². The van der Waals surface area contributed by atoms with Gasteiger partial charge in [-0.15, -0.1) is 0 Å². The van der Waals surface area contributed by atoms with Gasteiger partial charge in [-0.1, -0.05) is 0 Å². The Hall–Kier alpha value is -1.31. The first-order valence-corrected chi connectivity index (χ1v) is 6.17. The summed E-state index contributed by atoms with van der Waals surface area (Å²) in [6.45, 7) is 8.03. The highest BCUT2D eigenvalue weighted by Crippen LogP contribution is 2.29. The maximum Gasteiger partial charge on any atom is 0.394 e. The molecule has 0 aromatic heterocycles. The summed E-state index contributed by atoms with van der Waals surface area (Å²) < 4.78 is 31.6. The van der Waals surface area contributed by atoms with Crippen molar-refractivity contribution in [2.45, 2.75) is 27.7 Å². The van der Waals surface area contributed by atoms with Crippen molar-refractivity contribution in [1.29, 1.82) is 0 Å². The molecular weight excluding hydrogens is 244 g/mol. The van der Waals surface area contributed by atoms with Gasteiger partial charge in [-0.3, -0.25) is 9.11 Å². The Labute approximate surface area is 101 Å². The third kappa shape index (κ3) is 4.59. The van der Waals surface area contributed by atoms with Gasteiger partial charge in [0.05, 0.1) is 0 Å². The SMILES string of the molecule is Cc1c(C)c(N)c(C)c(C)c1N.O=S(=O)(O)O. The average Bonchev–Trinajstić information content (AvgIpc) is 2.18. The standard InChI is InChI=1S/C10H16N2.H2O4S/c1-5-6(2)10(12)8(4)7(3)9(5)11;1-5(2,3)4/h11-12H2,1-4H3;(H2,1,2,3,4). The maximum absolute atomic E-state index is 8.74. The quantitative estimate of drug-likeness (QED) is 0.414. The van der Waals surface area contributed by atoms with Crippen LogP contribution in [0.2, 0.25) is 0 Å². The molecule has 0 fully saturated rings. The predicted molar refractivity (Wildman–Crippen MR) is 68.4 cm³/mol. The fourth-order valence-electron chi connectivity index (χ4n) is 1.37. The van der Waals surface area contributed by atoms with E-state index in [1.807, 2.05) is 27.7 Å². The van der Waals surface area contributed by atoms with Crippen LogP contribution in [0.25, 0.3) is 0 Å². The van der Waals surface area contributed by atoms with Crippen LogP contribution in [-0.4, -0.2) is 17.5 Å². The second-order valence-electron chi connectivity index (χ2n) is 3.78. The lowest BCUT2D eigenvalue weighted by molar-refractivity contribution is 0.381. The number of hydrogen-bond donors (Lipinski definition) is 4. The van der Waals surface area contributed by atoms with Gasteiger partial charge in [0.15, 0.2) is 0 Å². The van der Waals surface area contributed by atoms with E-state index in [1.54, 1.807) is 0 Å². The van der Waals surface area contributed by atoms with Crippen molar-refractivity contribution in [2.24, 2.45) is 0 Å². The maximum atomic E-state index is 8.74. The van der Waals surface area contributed by atoms with Crippen molar-refractivity contribution in [3.8, 4) is 0 Å². The fourth-order valence-corrected chi connectivity index (χ4v) is 1.37. The van der Waals surface area contributed by atoms with Crippen LogP contribution in [0, 0.1) is 27.7 Å². The van der Waals surface area contributed by atoms with Crippen LogP contribution in [-0.2, 0) is 10.4 Å². The second kappa shape index (κ2) is 5.35. The first-order chi connectivity index (χ1) is 7.46. The Morgan fingerprint density at radius 2 is 0.882 bits per heavy atom. The summed E-state index contributed by atoms with van der Waals surface area (Å²) in [4.78, 5) is 0. The molecule has 98 valence electrons. The summed E-state index contributed by atoms with van der Waals surface area (Å²) in [6, 6.07) is 0. The molecule has 1 aromatic rings. The Morgan fingerprint density at radius 1 is 0.765 bits per heavy atom. The summed E-state index contributed by atoms with van der Waals surface area (Å²) in [5.74, 6) is 0. The summed E-state index contributed by atoms with van der Waals surface area (Å²) >= 11 is 0. The van der Waals surface area contributed by atoms with Crippen molar-refractivity contribution in [3.05, 3.63) is 22.3 Å². The molecule has 0 atom stereocenters. The summed E-state index contributed by atoms with van der Waals surface area (Å²) in [6.07, 6.45) is 0. The van der Waals surface area contributed by atoms with Crippen molar-refractivity contribution in [2.75, 3.05) is 11.5 Å². The molecule has 17 heavy (non-hydrogen) atoms. The third-order valence-electron chi connectivity index (χ3n) is 2.74. The second-order valence-corrected chi connectivity index (χ2v) is 4.67. The topological polar surface area (TPSA) is 127 Å². The van der Waals surface area contributed by atoms with Gasteiger partial charge < -0.3 is 11.5 Å².